The van der Waals surface area contributed by atoms with Crippen LogP contribution >= 0.6 is 23.6 Å². The Hall–Kier alpha value is -2.38. The van der Waals surface area contributed by atoms with E-state index in [1.54, 1.807) is 6.07 Å². The summed E-state index contributed by atoms with van der Waals surface area (Å²) in [6.45, 7) is 2.01. The molecule has 0 spiro atoms. The van der Waals surface area contributed by atoms with E-state index < -0.39 is 11.7 Å². The molecule has 23 heavy (non-hydrogen) atoms. The van der Waals surface area contributed by atoms with Gasteiger partial charge in [-0.1, -0.05) is 29.5 Å². The maximum absolute atomic E-state index is 13.6. The van der Waals surface area contributed by atoms with Gasteiger partial charge in [0.05, 0.1) is 15.8 Å². The number of anilines is 1. The third-order valence-corrected chi connectivity index (χ3v) is 4.25. The molecule has 2 N–H and O–H groups in total. The summed E-state index contributed by atoms with van der Waals surface area (Å²) < 4.78 is 14.6. The number of carbonyl (C=O) groups is 1. The maximum atomic E-state index is 13.6. The normalized spacial score (nSPS) is 10.5. The second kappa shape index (κ2) is 6.39. The van der Waals surface area contributed by atoms with Crippen molar-refractivity contribution in [1.29, 1.82) is 0 Å². The van der Waals surface area contributed by atoms with Crippen LogP contribution in [-0.4, -0.2) is 16.0 Å². The van der Waals surface area contributed by atoms with Crippen molar-refractivity contribution in [2.24, 2.45) is 0 Å². The Morgan fingerprint density at radius 3 is 2.83 bits per heavy atom. The number of benzene rings is 2. The average molecular weight is 345 g/mol. The number of halogens is 1. The molecule has 2 aromatic carbocycles. The number of aryl methyl sites for hydroxylation is 1. The van der Waals surface area contributed by atoms with E-state index in [1.165, 1.54) is 29.5 Å². The third kappa shape index (κ3) is 3.52. The molecule has 0 aliphatic rings. The van der Waals surface area contributed by atoms with Gasteiger partial charge in [-0.15, -0.1) is 0 Å². The number of hydrogen-bond acceptors (Lipinski definition) is 4. The fourth-order valence-corrected chi connectivity index (χ4v) is 3.25. The first kappa shape index (κ1) is 15.5. The van der Waals surface area contributed by atoms with Gasteiger partial charge in [-0.3, -0.25) is 10.1 Å². The number of nitrogens with zero attached hydrogens (tertiary/aromatic N) is 1. The molecule has 0 aliphatic carbocycles. The molecule has 116 valence electrons. The van der Waals surface area contributed by atoms with Crippen molar-refractivity contribution in [2.45, 2.75) is 6.92 Å². The van der Waals surface area contributed by atoms with Crippen LogP contribution in [0, 0.1) is 12.7 Å². The Bertz CT molecular complexity index is 907. The van der Waals surface area contributed by atoms with Crippen molar-refractivity contribution in [3.05, 3.63) is 59.4 Å². The molecule has 1 heterocycles. The number of nitrogens with one attached hydrogen (secondary N) is 2. The van der Waals surface area contributed by atoms with Crippen LogP contribution in [0.5, 0.6) is 0 Å². The number of amides is 1. The Kier molecular flexibility index (Phi) is 4.31. The van der Waals surface area contributed by atoms with Crippen LogP contribution in [0.1, 0.15) is 15.9 Å². The molecule has 0 atom stereocenters. The summed E-state index contributed by atoms with van der Waals surface area (Å²) in [6.07, 6.45) is 0. The fraction of sp³-hybridized carbons (Fsp3) is 0.0625. The first-order chi connectivity index (χ1) is 11.0. The molecule has 1 amide bonds. The molecule has 0 fully saturated rings. The molecule has 0 saturated heterocycles. The van der Waals surface area contributed by atoms with Crippen LogP contribution in [0.25, 0.3) is 10.2 Å². The summed E-state index contributed by atoms with van der Waals surface area (Å²) in [5.41, 5.74) is 1.94. The van der Waals surface area contributed by atoms with Gasteiger partial charge in [0.1, 0.15) is 5.82 Å². The first-order valence-electron chi connectivity index (χ1n) is 6.77. The van der Waals surface area contributed by atoms with Gasteiger partial charge in [0.15, 0.2) is 10.2 Å². The number of aromatic nitrogens is 1. The van der Waals surface area contributed by atoms with E-state index in [1.807, 2.05) is 25.1 Å². The largest absolute Gasteiger partial charge is 0.308 e. The third-order valence-electron chi connectivity index (χ3n) is 3.11. The van der Waals surface area contributed by atoms with Crippen molar-refractivity contribution in [3.8, 4) is 0 Å². The zero-order chi connectivity index (χ0) is 16.4. The molecule has 3 rings (SSSR count). The smallest absolute Gasteiger partial charge is 0.260 e. The standard InChI is InChI=1S/C16H12FN3OS2/c1-9-6-7-12-13(8-9)23-16(18-12)20-15(22)19-14(21)10-4-2-3-5-11(10)17/h2-8H,1H3,(H2,18,19,20,21,22). The van der Waals surface area contributed by atoms with Gasteiger partial charge in [-0.2, -0.15) is 0 Å². The van der Waals surface area contributed by atoms with E-state index in [0.717, 1.165) is 15.8 Å². The van der Waals surface area contributed by atoms with E-state index in [0.29, 0.717) is 5.13 Å². The Morgan fingerprint density at radius 1 is 1.26 bits per heavy atom. The number of thiazole rings is 1. The predicted molar refractivity (Wildman–Crippen MR) is 94.4 cm³/mol. The number of rotatable bonds is 2. The van der Waals surface area contributed by atoms with Gasteiger partial charge < -0.3 is 5.32 Å². The second-order valence-corrected chi connectivity index (χ2v) is 6.32. The fourth-order valence-electron chi connectivity index (χ4n) is 2.03. The monoisotopic (exact) mass is 345 g/mol. The molecule has 0 aliphatic heterocycles. The van der Waals surface area contributed by atoms with Crippen LogP contribution in [0.4, 0.5) is 9.52 Å². The average Bonchev–Trinajstić information content (AvgIpc) is 2.88. The molecule has 7 heteroatoms. The number of hydrogen-bond donors (Lipinski definition) is 2. The first-order valence-corrected chi connectivity index (χ1v) is 7.99. The lowest BCUT2D eigenvalue weighted by Crippen LogP contribution is -2.34. The summed E-state index contributed by atoms with van der Waals surface area (Å²) in [5, 5.41) is 5.96. The zero-order valence-electron chi connectivity index (χ0n) is 12.1. The van der Waals surface area contributed by atoms with E-state index in [-0.39, 0.29) is 10.7 Å². The highest BCUT2D eigenvalue weighted by molar-refractivity contribution is 7.80. The lowest BCUT2D eigenvalue weighted by atomic mass is 10.2. The lowest BCUT2D eigenvalue weighted by Gasteiger charge is -2.07. The Morgan fingerprint density at radius 2 is 2.04 bits per heavy atom. The van der Waals surface area contributed by atoms with Crippen molar-refractivity contribution < 1.29 is 9.18 Å². The summed E-state index contributed by atoms with van der Waals surface area (Å²) in [5.74, 6) is -1.19. The summed E-state index contributed by atoms with van der Waals surface area (Å²) >= 11 is 6.52. The molecule has 0 saturated carbocycles. The van der Waals surface area contributed by atoms with Gasteiger partial charge in [-0.05, 0) is 49.0 Å². The highest BCUT2D eigenvalue weighted by Crippen LogP contribution is 2.26. The highest BCUT2D eigenvalue weighted by Gasteiger charge is 2.13. The van der Waals surface area contributed by atoms with Crippen molar-refractivity contribution in [2.75, 3.05) is 5.32 Å². The van der Waals surface area contributed by atoms with Crippen LogP contribution in [0.2, 0.25) is 0 Å². The summed E-state index contributed by atoms with van der Waals surface area (Å²) in [4.78, 5) is 16.4. The molecule has 4 nitrogen and oxygen atoms in total. The maximum Gasteiger partial charge on any atom is 0.260 e. The summed E-state index contributed by atoms with van der Waals surface area (Å²) in [7, 11) is 0. The molecular formula is C16H12FN3OS2. The van der Waals surface area contributed by atoms with Gasteiger partial charge in [0, 0.05) is 0 Å². The Balaban J connectivity index is 1.71. The van der Waals surface area contributed by atoms with Crippen LogP contribution in [0.3, 0.4) is 0 Å². The predicted octanol–water partition coefficient (Wildman–Crippen LogP) is 3.87. The van der Waals surface area contributed by atoms with Gasteiger partial charge >= 0.3 is 0 Å². The molecule has 0 radical (unpaired) electrons. The van der Waals surface area contributed by atoms with E-state index in [2.05, 4.69) is 15.6 Å². The minimum Gasteiger partial charge on any atom is -0.308 e. The van der Waals surface area contributed by atoms with Crippen molar-refractivity contribution in [3.63, 3.8) is 0 Å². The van der Waals surface area contributed by atoms with E-state index in [4.69, 9.17) is 12.2 Å². The summed E-state index contributed by atoms with van der Waals surface area (Å²) in [6, 6.07) is 11.7. The minimum absolute atomic E-state index is 0.0587. The molecule has 1 aromatic heterocycles. The van der Waals surface area contributed by atoms with Crippen molar-refractivity contribution in [1.82, 2.24) is 10.3 Å². The van der Waals surface area contributed by atoms with Gasteiger partial charge in [-0.25, -0.2) is 9.37 Å². The van der Waals surface area contributed by atoms with Gasteiger partial charge in [0.25, 0.3) is 5.91 Å². The van der Waals surface area contributed by atoms with E-state index >= 15 is 0 Å². The Labute approximate surface area is 141 Å². The SMILES string of the molecule is Cc1ccc2nc(NC(=S)NC(=O)c3ccccc3F)sc2c1. The van der Waals surface area contributed by atoms with Crippen molar-refractivity contribution >= 4 is 49.9 Å². The second-order valence-electron chi connectivity index (χ2n) is 4.88. The molecule has 0 bridgehead atoms. The van der Waals surface area contributed by atoms with E-state index in [9.17, 15) is 9.18 Å². The lowest BCUT2D eigenvalue weighted by molar-refractivity contribution is 0.0974. The number of thiocarbonyl (C=S) groups is 1. The number of fused-ring (bicyclic) bond motifs is 1. The van der Waals surface area contributed by atoms with Crippen LogP contribution in [0.15, 0.2) is 42.5 Å². The molecule has 3 aromatic rings. The minimum atomic E-state index is -0.599. The topological polar surface area (TPSA) is 54.0 Å². The quantitative estimate of drug-likeness (QED) is 0.692. The highest BCUT2D eigenvalue weighted by atomic mass is 32.1. The van der Waals surface area contributed by atoms with Gasteiger partial charge in [0.2, 0.25) is 0 Å². The number of carbonyl (C=O) groups excluding carboxylic acids is 1. The molecule has 0 unspecified atom stereocenters. The van der Waals surface area contributed by atoms with Crippen LogP contribution < -0.4 is 10.6 Å². The van der Waals surface area contributed by atoms with Crippen LogP contribution in [-0.2, 0) is 0 Å². The molecular weight excluding hydrogens is 333 g/mol. The zero-order valence-corrected chi connectivity index (χ0v) is 13.7.